The standard InChI is InChI=1S/C35H18N6O/c1-3-9-23-19(7-1)20-12-14-25-29-31(20)39(23)26-11-5-6-18-38(26)35(29)28-21-8-2-4-10-24(21)40-33(28)32-22(13-15-27(42-25)41(32)35)30-34(40)37-17-16-36-30/h1-18H/q+2. The molecule has 1 unspecified atom stereocenters. The number of aromatic nitrogens is 6. The van der Waals surface area contributed by atoms with E-state index in [0.29, 0.717) is 0 Å². The summed E-state index contributed by atoms with van der Waals surface area (Å²) in [5.41, 5.74) is 9.19. The van der Waals surface area contributed by atoms with Crippen LogP contribution in [-0.2, 0) is 5.66 Å². The van der Waals surface area contributed by atoms with Crippen LogP contribution >= 0.6 is 0 Å². The average molecular weight is 539 g/mol. The number of pyridine rings is 3. The van der Waals surface area contributed by atoms with Crippen LogP contribution in [0, 0.1) is 0 Å². The van der Waals surface area contributed by atoms with Gasteiger partial charge in [0.25, 0.3) is 5.82 Å². The number of para-hydroxylation sites is 2. The van der Waals surface area contributed by atoms with Crippen LogP contribution in [0.15, 0.2) is 110 Å². The first kappa shape index (κ1) is 20.1. The quantitative estimate of drug-likeness (QED) is 0.179. The van der Waals surface area contributed by atoms with Crippen LogP contribution in [0.1, 0.15) is 11.1 Å². The number of ether oxygens (including phenoxy) is 1. The van der Waals surface area contributed by atoms with Crippen molar-refractivity contribution >= 4 is 60.3 Å². The number of benzene rings is 3. The van der Waals surface area contributed by atoms with Gasteiger partial charge in [0.1, 0.15) is 22.1 Å². The van der Waals surface area contributed by atoms with Crippen LogP contribution in [0.4, 0.5) is 0 Å². The molecule has 7 nitrogen and oxygen atoms in total. The molecule has 0 saturated heterocycles. The van der Waals surface area contributed by atoms with E-state index in [4.69, 9.17) is 14.7 Å². The zero-order valence-corrected chi connectivity index (χ0v) is 22.0. The third-order valence-corrected chi connectivity index (χ3v) is 9.79. The van der Waals surface area contributed by atoms with Gasteiger partial charge < -0.3 is 4.74 Å². The van der Waals surface area contributed by atoms with Crippen molar-refractivity contribution in [3.63, 3.8) is 0 Å². The Morgan fingerprint density at radius 2 is 1.48 bits per heavy atom. The molecule has 42 heavy (non-hydrogen) atoms. The first-order chi connectivity index (χ1) is 20.9. The number of hydrogen-bond donors (Lipinski definition) is 0. The molecule has 0 radical (unpaired) electrons. The lowest BCUT2D eigenvalue weighted by Crippen LogP contribution is -2.76. The number of rotatable bonds is 0. The van der Waals surface area contributed by atoms with E-state index in [-0.39, 0.29) is 0 Å². The smallest absolute Gasteiger partial charge is 0.378 e. The van der Waals surface area contributed by atoms with Crippen LogP contribution in [0.5, 0.6) is 11.6 Å². The molecule has 0 bridgehead atoms. The molecule has 0 amide bonds. The van der Waals surface area contributed by atoms with Gasteiger partial charge in [-0.1, -0.05) is 36.4 Å². The number of hydrogen-bond acceptors (Lipinski definition) is 3. The highest BCUT2D eigenvalue weighted by atomic mass is 16.5. The third kappa shape index (κ3) is 1.81. The van der Waals surface area contributed by atoms with Gasteiger partial charge in [0, 0.05) is 34.6 Å². The SMILES string of the molecule is c1cc[n+]2c(c1)-n1c3ccccc3c3ccc4c(c31)C21c2c3ccccc3n3c5nccnc5c5ccc([n+]1c5c23)O4. The predicted molar refractivity (Wildman–Crippen MR) is 158 cm³/mol. The lowest BCUT2D eigenvalue weighted by atomic mass is 9.86. The normalized spacial score (nSPS) is 17.3. The lowest BCUT2D eigenvalue weighted by molar-refractivity contribution is -0.958. The molecule has 3 aliphatic rings. The highest BCUT2D eigenvalue weighted by Gasteiger charge is 2.68. The van der Waals surface area contributed by atoms with Crippen LogP contribution < -0.4 is 13.9 Å². The maximum atomic E-state index is 6.85. The number of fused-ring (bicyclic) bond motifs is 11. The molecule has 0 aliphatic carbocycles. The minimum Gasteiger partial charge on any atom is -0.404 e. The van der Waals surface area contributed by atoms with Gasteiger partial charge in [-0.2, -0.15) is 9.13 Å². The highest BCUT2D eigenvalue weighted by molar-refractivity contribution is 6.16. The Morgan fingerprint density at radius 3 is 2.43 bits per heavy atom. The van der Waals surface area contributed by atoms with Gasteiger partial charge in [-0.15, -0.1) is 4.57 Å². The fraction of sp³-hybridized carbons (Fsp3) is 0.0286. The molecule has 0 N–H and O–H groups in total. The Balaban J connectivity index is 1.48. The Bertz CT molecular complexity index is 2790. The van der Waals surface area contributed by atoms with Crippen LogP contribution in [0.2, 0.25) is 0 Å². The van der Waals surface area contributed by atoms with E-state index in [0.717, 1.165) is 56.1 Å². The second-order valence-electron chi connectivity index (χ2n) is 11.5. The van der Waals surface area contributed by atoms with Gasteiger partial charge in [0.2, 0.25) is 5.52 Å². The predicted octanol–water partition coefficient (Wildman–Crippen LogP) is 5.89. The molecular formula is C35H18N6O+2. The largest absolute Gasteiger partial charge is 0.404 e. The molecule has 6 aromatic heterocycles. The highest BCUT2D eigenvalue weighted by Crippen LogP contribution is 2.55. The van der Waals surface area contributed by atoms with Gasteiger partial charge >= 0.3 is 11.5 Å². The van der Waals surface area contributed by atoms with Crippen LogP contribution in [0.25, 0.3) is 66.1 Å². The summed E-state index contributed by atoms with van der Waals surface area (Å²) in [6.45, 7) is 0. The van der Waals surface area contributed by atoms with Gasteiger partial charge in [0.15, 0.2) is 22.5 Å². The Morgan fingerprint density at radius 1 is 0.667 bits per heavy atom. The van der Waals surface area contributed by atoms with Gasteiger partial charge in [-0.05, 0) is 42.5 Å². The minimum atomic E-state index is -0.725. The van der Waals surface area contributed by atoms with Crippen molar-refractivity contribution in [1.82, 2.24) is 18.9 Å². The van der Waals surface area contributed by atoms with E-state index in [1.807, 2.05) is 0 Å². The molecule has 12 rings (SSSR count). The summed E-state index contributed by atoms with van der Waals surface area (Å²) in [5.74, 6) is 2.80. The first-order valence-electron chi connectivity index (χ1n) is 14.2. The molecule has 9 aromatic rings. The third-order valence-electron chi connectivity index (χ3n) is 9.79. The summed E-state index contributed by atoms with van der Waals surface area (Å²) in [5, 5.41) is 4.73. The average Bonchev–Trinajstić information content (AvgIpc) is 3.68. The number of nitrogens with zero attached hydrogens (tertiary/aromatic N) is 6. The van der Waals surface area contributed by atoms with Gasteiger partial charge in [-0.3, -0.25) is 9.38 Å². The summed E-state index contributed by atoms with van der Waals surface area (Å²) in [4.78, 5) is 9.80. The lowest BCUT2D eigenvalue weighted by Gasteiger charge is -2.33. The summed E-state index contributed by atoms with van der Waals surface area (Å²) in [7, 11) is 0. The van der Waals surface area contributed by atoms with Crippen LogP contribution in [0.3, 0.4) is 0 Å². The maximum Gasteiger partial charge on any atom is 0.378 e. The molecule has 3 aliphatic heterocycles. The van der Waals surface area contributed by atoms with Crippen molar-refractivity contribution in [2.24, 2.45) is 0 Å². The zero-order chi connectivity index (χ0) is 26.9. The van der Waals surface area contributed by atoms with E-state index in [1.54, 1.807) is 12.4 Å². The molecule has 1 spiro atoms. The fourth-order valence-corrected chi connectivity index (χ4v) is 8.48. The van der Waals surface area contributed by atoms with E-state index in [2.05, 4.69) is 115 Å². The van der Waals surface area contributed by atoms with Crippen molar-refractivity contribution in [2.45, 2.75) is 5.66 Å². The molecule has 0 fully saturated rings. The maximum absolute atomic E-state index is 6.85. The summed E-state index contributed by atoms with van der Waals surface area (Å²) in [6, 6.07) is 32.6. The Hall–Kier alpha value is -5.82. The van der Waals surface area contributed by atoms with Crippen molar-refractivity contribution in [3.05, 3.63) is 121 Å². The molecule has 1 atom stereocenters. The summed E-state index contributed by atoms with van der Waals surface area (Å²) in [6.07, 6.45) is 5.81. The second kappa shape index (κ2) is 6.24. The Kier molecular flexibility index (Phi) is 2.99. The Labute approximate surface area is 236 Å². The van der Waals surface area contributed by atoms with Crippen molar-refractivity contribution in [3.8, 4) is 17.4 Å². The summed E-state index contributed by atoms with van der Waals surface area (Å²) < 4.78 is 16.5. The minimum absolute atomic E-state index is 0.725. The van der Waals surface area contributed by atoms with E-state index in [1.165, 1.54) is 32.8 Å². The van der Waals surface area contributed by atoms with Crippen LogP contribution in [-0.4, -0.2) is 18.9 Å². The fourth-order valence-electron chi connectivity index (χ4n) is 8.48. The van der Waals surface area contributed by atoms with Crippen molar-refractivity contribution in [2.75, 3.05) is 0 Å². The first-order valence-corrected chi connectivity index (χ1v) is 14.2. The molecule has 3 aromatic carbocycles. The molecular weight excluding hydrogens is 520 g/mol. The molecule has 7 heteroatoms. The molecule has 0 saturated carbocycles. The van der Waals surface area contributed by atoms with E-state index in [9.17, 15) is 0 Å². The van der Waals surface area contributed by atoms with Crippen molar-refractivity contribution < 1.29 is 13.9 Å². The summed E-state index contributed by atoms with van der Waals surface area (Å²) >= 11 is 0. The van der Waals surface area contributed by atoms with Crippen molar-refractivity contribution in [1.29, 1.82) is 0 Å². The molecule has 9 heterocycles. The monoisotopic (exact) mass is 538 g/mol. The van der Waals surface area contributed by atoms with Gasteiger partial charge in [0.05, 0.1) is 23.2 Å². The van der Waals surface area contributed by atoms with E-state index < -0.39 is 5.66 Å². The molecule has 192 valence electrons. The second-order valence-corrected chi connectivity index (χ2v) is 11.5. The topological polar surface area (TPSA) is 52.1 Å². The zero-order valence-electron chi connectivity index (χ0n) is 22.0. The van der Waals surface area contributed by atoms with Gasteiger partial charge in [-0.25, -0.2) is 4.98 Å². The van der Waals surface area contributed by atoms with E-state index >= 15 is 0 Å².